The van der Waals surface area contributed by atoms with E-state index >= 15 is 0 Å². The number of hydrogen-bond donors (Lipinski definition) is 5. The van der Waals surface area contributed by atoms with Gasteiger partial charge in [0, 0.05) is 18.2 Å². The zero-order valence-electron chi connectivity index (χ0n) is 14.0. The highest BCUT2D eigenvalue weighted by molar-refractivity contribution is 6.40. The summed E-state index contributed by atoms with van der Waals surface area (Å²) in [7, 11) is -1.28. The molecule has 0 bridgehead atoms. The lowest BCUT2D eigenvalue weighted by atomic mass is 9.83. The molecule has 9 nitrogen and oxygen atoms in total. The highest BCUT2D eigenvalue weighted by atomic mass is 16.5. The lowest BCUT2D eigenvalue weighted by Crippen LogP contribution is -2.34. The number of ether oxygens (including phenoxy) is 1. The molecule has 0 saturated carbocycles. The molecule has 0 radical (unpaired) electrons. The summed E-state index contributed by atoms with van der Waals surface area (Å²) in [6.07, 6.45) is 3.20. The third kappa shape index (κ3) is 5.51. The Labute approximate surface area is 145 Å². The third-order valence-electron chi connectivity index (χ3n) is 4.39. The van der Waals surface area contributed by atoms with Crippen LogP contribution in [0.5, 0.6) is 0 Å². The summed E-state index contributed by atoms with van der Waals surface area (Å²) in [5.41, 5.74) is -0.599. The minimum Gasteiger partial charge on any atom is -0.427 e. The maximum Gasteiger partial charge on any atom is 0.451 e. The Morgan fingerprint density at radius 2 is 1.96 bits per heavy atom. The molecule has 1 saturated heterocycles. The van der Waals surface area contributed by atoms with Gasteiger partial charge in [0.2, 0.25) is 0 Å². The van der Waals surface area contributed by atoms with E-state index in [2.05, 4.69) is 4.98 Å². The molecule has 1 aliphatic heterocycles. The molecule has 2 rings (SSSR count). The van der Waals surface area contributed by atoms with Crippen LogP contribution in [0.3, 0.4) is 0 Å². The van der Waals surface area contributed by atoms with Crippen molar-refractivity contribution in [3.05, 3.63) is 32.6 Å². The Balaban J connectivity index is 1.96. The Kier molecular flexibility index (Phi) is 7.39. The van der Waals surface area contributed by atoms with Crippen LogP contribution in [0.4, 0.5) is 0 Å². The fraction of sp³-hybridized carbons (Fsp3) is 0.733. The zero-order chi connectivity index (χ0) is 18.4. The van der Waals surface area contributed by atoms with Crippen LogP contribution in [0, 0.1) is 0 Å². The number of hydrogen-bond acceptors (Lipinski definition) is 7. The second-order valence-corrected chi connectivity index (χ2v) is 6.37. The number of nitrogens with one attached hydrogen (secondary N) is 1. The predicted molar refractivity (Wildman–Crippen MR) is 90.1 cm³/mol. The minimum absolute atomic E-state index is 0.167. The lowest BCUT2D eigenvalue weighted by molar-refractivity contribution is -0.0460. The lowest BCUT2D eigenvalue weighted by Gasteiger charge is -2.15. The Morgan fingerprint density at radius 1 is 1.24 bits per heavy atom. The van der Waals surface area contributed by atoms with Gasteiger partial charge in [-0.15, -0.1) is 0 Å². The van der Waals surface area contributed by atoms with Crippen molar-refractivity contribution in [2.24, 2.45) is 0 Å². The first-order valence-electron chi connectivity index (χ1n) is 8.57. The largest absolute Gasteiger partial charge is 0.451 e. The number of rotatable bonds is 9. The van der Waals surface area contributed by atoms with Crippen molar-refractivity contribution in [2.75, 3.05) is 6.61 Å². The van der Waals surface area contributed by atoms with Gasteiger partial charge in [-0.1, -0.05) is 19.3 Å². The van der Waals surface area contributed by atoms with E-state index < -0.39 is 36.8 Å². The molecule has 0 unspecified atom stereocenters. The van der Waals surface area contributed by atoms with Crippen LogP contribution in [-0.4, -0.2) is 55.7 Å². The monoisotopic (exact) mass is 356 g/mol. The molecular weight excluding hydrogens is 331 g/mol. The van der Waals surface area contributed by atoms with Crippen LogP contribution in [-0.2, 0) is 11.2 Å². The zero-order valence-corrected chi connectivity index (χ0v) is 14.0. The van der Waals surface area contributed by atoms with Gasteiger partial charge in [0.15, 0.2) is 0 Å². The van der Waals surface area contributed by atoms with Gasteiger partial charge in [0.1, 0.15) is 12.3 Å². The standard InChI is InChI=1S/C15H25BN2O7/c19-9-12-11(20)7-13(25-12)18-8-10(14(21)17-15(18)22)5-3-1-2-4-6-16(23)24/h8,11-13,19-20,23-24H,1-7,9H2,(H,17,21,22)/t11-,12+,13+/m0/s1. The number of aliphatic hydroxyl groups excluding tert-OH is 2. The fourth-order valence-electron chi connectivity index (χ4n) is 2.97. The Hall–Kier alpha value is -1.46. The number of aromatic amines is 1. The molecule has 0 spiro atoms. The molecular formula is C15H25BN2O7. The molecule has 0 aliphatic carbocycles. The summed E-state index contributed by atoms with van der Waals surface area (Å²) in [4.78, 5) is 26.2. The van der Waals surface area contributed by atoms with Crippen LogP contribution in [0.2, 0.25) is 6.32 Å². The van der Waals surface area contributed by atoms with Crippen LogP contribution in [0.25, 0.3) is 0 Å². The van der Waals surface area contributed by atoms with Crippen LogP contribution >= 0.6 is 0 Å². The van der Waals surface area contributed by atoms with Gasteiger partial charge in [-0.05, 0) is 19.2 Å². The van der Waals surface area contributed by atoms with E-state index in [1.165, 1.54) is 10.8 Å². The first kappa shape index (κ1) is 19.9. The van der Waals surface area contributed by atoms with Gasteiger partial charge < -0.3 is 25.0 Å². The quantitative estimate of drug-likeness (QED) is 0.275. The van der Waals surface area contributed by atoms with Crippen molar-refractivity contribution in [2.45, 2.75) is 63.3 Å². The van der Waals surface area contributed by atoms with E-state index in [1.807, 2.05) is 0 Å². The van der Waals surface area contributed by atoms with Gasteiger partial charge in [0.05, 0.1) is 12.7 Å². The summed E-state index contributed by atoms with van der Waals surface area (Å²) in [5, 5.41) is 36.5. The molecule has 10 heteroatoms. The molecule has 140 valence electrons. The summed E-state index contributed by atoms with van der Waals surface area (Å²) in [5.74, 6) is 0. The number of H-pyrrole nitrogens is 1. The molecule has 0 amide bonds. The van der Waals surface area contributed by atoms with Crippen molar-refractivity contribution >= 4 is 7.12 Å². The smallest absolute Gasteiger partial charge is 0.427 e. The Bertz CT molecular complexity index is 660. The number of aryl methyl sites for hydroxylation is 1. The number of unbranched alkanes of at least 4 members (excludes halogenated alkanes) is 3. The molecule has 1 aliphatic rings. The molecule has 3 atom stereocenters. The van der Waals surface area contributed by atoms with Crippen molar-refractivity contribution in [3.63, 3.8) is 0 Å². The summed E-state index contributed by atoms with van der Waals surface area (Å²) < 4.78 is 6.71. The molecule has 2 heterocycles. The van der Waals surface area contributed by atoms with E-state index in [-0.39, 0.29) is 13.0 Å². The van der Waals surface area contributed by atoms with Crippen LogP contribution in [0.15, 0.2) is 15.8 Å². The molecule has 5 N–H and O–H groups in total. The van der Waals surface area contributed by atoms with E-state index in [1.54, 1.807) is 0 Å². The topological polar surface area (TPSA) is 145 Å². The van der Waals surface area contributed by atoms with Gasteiger partial charge in [-0.2, -0.15) is 0 Å². The Morgan fingerprint density at radius 3 is 2.60 bits per heavy atom. The molecule has 1 fully saturated rings. The first-order chi connectivity index (χ1) is 11.9. The highest BCUT2D eigenvalue weighted by Crippen LogP contribution is 2.27. The fourth-order valence-corrected chi connectivity index (χ4v) is 2.97. The predicted octanol–water partition coefficient (Wildman–Crippen LogP) is -1.25. The van der Waals surface area contributed by atoms with E-state index in [0.29, 0.717) is 24.7 Å². The maximum absolute atomic E-state index is 12.0. The first-order valence-corrected chi connectivity index (χ1v) is 8.57. The highest BCUT2D eigenvalue weighted by Gasteiger charge is 2.35. The average molecular weight is 356 g/mol. The summed E-state index contributed by atoms with van der Waals surface area (Å²) >= 11 is 0. The second-order valence-electron chi connectivity index (χ2n) is 6.37. The normalized spacial score (nSPS) is 23.1. The van der Waals surface area contributed by atoms with Crippen molar-refractivity contribution in [3.8, 4) is 0 Å². The summed E-state index contributed by atoms with van der Waals surface area (Å²) in [6.45, 7) is -0.342. The molecule has 0 aromatic carbocycles. The van der Waals surface area contributed by atoms with Gasteiger partial charge in [-0.3, -0.25) is 14.3 Å². The number of nitrogens with zero attached hydrogens (tertiary/aromatic N) is 1. The number of aliphatic hydroxyl groups is 2. The van der Waals surface area contributed by atoms with Gasteiger partial charge >= 0.3 is 12.8 Å². The van der Waals surface area contributed by atoms with Crippen LogP contribution in [0.1, 0.15) is 43.9 Å². The molecule has 1 aromatic rings. The van der Waals surface area contributed by atoms with E-state index in [0.717, 1.165) is 19.3 Å². The van der Waals surface area contributed by atoms with Crippen molar-refractivity contribution in [1.29, 1.82) is 0 Å². The van der Waals surface area contributed by atoms with E-state index in [9.17, 15) is 14.7 Å². The molecule has 1 aromatic heterocycles. The molecule has 25 heavy (non-hydrogen) atoms. The maximum atomic E-state index is 12.0. The average Bonchev–Trinajstić information content (AvgIpc) is 2.92. The van der Waals surface area contributed by atoms with Gasteiger partial charge in [0.25, 0.3) is 5.56 Å². The summed E-state index contributed by atoms with van der Waals surface area (Å²) in [6, 6.07) is 0. The minimum atomic E-state index is -1.28. The van der Waals surface area contributed by atoms with Crippen molar-refractivity contribution in [1.82, 2.24) is 9.55 Å². The van der Waals surface area contributed by atoms with Crippen molar-refractivity contribution < 1.29 is 25.0 Å². The number of aromatic nitrogens is 2. The van der Waals surface area contributed by atoms with Gasteiger partial charge in [-0.25, -0.2) is 4.79 Å². The van der Waals surface area contributed by atoms with Crippen LogP contribution < -0.4 is 11.2 Å². The second kappa shape index (κ2) is 9.30. The SMILES string of the molecule is O=c1[nH]c(=O)n([C@H]2C[C@H](O)[C@@H](CO)O2)cc1CCCCCCB(O)O. The van der Waals surface area contributed by atoms with E-state index in [4.69, 9.17) is 19.9 Å². The third-order valence-corrected chi connectivity index (χ3v) is 4.39.